The van der Waals surface area contributed by atoms with E-state index in [2.05, 4.69) is 0 Å². The van der Waals surface area contributed by atoms with E-state index in [4.69, 9.17) is 4.74 Å². The van der Waals surface area contributed by atoms with Crippen LogP contribution in [0.15, 0.2) is 48.5 Å². The lowest BCUT2D eigenvalue weighted by molar-refractivity contribution is -0.153. The molecule has 1 aliphatic heterocycles. The Morgan fingerprint density at radius 2 is 1.47 bits per heavy atom. The third-order valence-electron chi connectivity index (χ3n) is 5.31. The fraction of sp³-hybridized carbons (Fsp3) is 0.462. The number of hydrogen-bond donors (Lipinski definition) is 0. The maximum absolute atomic E-state index is 12.4. The maximum atomic E-state index is 12.4. The van der Waals surface area contributed by atoms with E-state index in [1.165, 1.54) is 32.1 Å². The highest BCUT2D eigenvalue weighted by atomic mass is 16.6. The quantitative estimate of drug-likeness (QED) is 0.613. The molecular formula is C26H33NO3. The van der Waals surface area contributed by atoms with Gasteiger partial charge in [0.05, 0.1) is 6.42 Å². The lowest BCUT2D eigenvalue weighted by Crippen LogP contribution is -2.25. The number of carbonyl (C=O) groups excluding carboxylic acids is 2. The first kappa shape index (κ1) is 22.1. The summed E-state index contributed by atoms with van der Waals surface area (Å²) in [5.41, 5.74) is 3.36. The van der Waals surface area contributed by atoms with Gasteiger partial charge >= 0.3 is 5.97 Å². The molecule has 4 nitrogen and oxygen atoms in total. The molecule has 0 saturated heterocycles. The SMILES string of the molecule is C1CCCC1.CC(C)(C)OC(=O)Cc1ccc(CN2Cc3ccccc3C2=O)cc1. The van der Waals surface area contributed by atoms with Gasteiger partial charge in [0, 0.05) is 18.7 Å². The van der Waals surface area contributed by atoms with Crippen molar-refractivity contribution >= 4 is 11.9 Å². The van der Waals surface area contributed by atoms with Gasteiger partial charge in [0.25, 0.3) is 5.91 Å². The highest BCUT2D eigenvalue weighted by Gasteiger charge is 2.26. The van der Waals surface area contributed by atoms with Gasteiger partial charge in [-0.05, 0) is 43.5 Å². The van der Waals surface area contributed by atoms with Crippen molar-refractivity contribution in [1.82, 2.24) is 4.90 Å². The lowest BCUT2D eigenvalue weighted by atomic mass is 10.1. The molecule has 0 radical (unpaired) electrons. The van der Waals surface area contributed by atoms with Crippen molar-refractivity contribution in [1.29, 1.82) is 0 Å². The zero-order valence-corrected chi connectivity index (χ0v) is 18.4. The van der Waals surface area contributed by atoms with Gasteiger partial charge < -0.3 is 9.64 Å². The molecule has 0 spiro atoms. The molecule has 0 atom stereocenters. The van der Waals surface area contributed by atoms with Crippen LogP contribution in [0.5, 0.6) is 0 Å². The zero-order valence-electron chi connectivity index (χ0n) is 18.4. The molecule has 2 aliphatic rings. The van der Waals surface area contributed by atoms with Crippen LogP contribution < -0.4 is 0 Å². The van der Waals surface area contributed by atoms with Crippen molar-refractivity contribution < 1.29 is 14.3 Å². The van der Waals surface area contributed by atoms with Crippen molar-refractivity contribution in [2.75, 3.05) is 0 Å². The number of nitrogens with zero attached hydrogens (tertiary/aromatic N) is 1. The first-order valence-electron chi connectivity index (χ1n) is 11.0. The number of esters is 1. The number of benzene rings is 2. The molecule has 30 heavy (non-hydrogen) atoms. The Morgan fingerprint density at radius 1 is 0.900 bits per heavy atom. The number of hydrogen-bond acceptors (Lipinski definition) is 3. The summed E-state index contributed by atoms with van der Waals surface area (Å²) in [5, 5.41) is 0. The number of fused-ring (bicyclic) bond motifs is 1. The third kappa shape index (κ3) is 6.45. The molecule has 0 aromatic heterocycles. The first-order chi connectivity index (χ1) is 14.3. The molecule has 160 valence electrons. The maximum Gasteiger partial charge on any atom is 0.310 e. The second-order valence-corrected chi connectivity index (χ2v) is 9.17. The Kier molecular flexibility index (Phi) is 7.30. The van der Waals surface area contributed by atoms with Crippen molar-refractivity contribution in [3.63, 3.8) is 0 Å². The molecule has 4 rings (SSSR count). The lowest BCUT2D eigenvalue weighted by Gasteiger charge is -2.19. The van der Waals surface area contributed by atoms with Crippen LogP contribution in [0, 0.1) is 0 Å². The monoisotopic (exact) mass is 407 g/mol. The highest BCUT2D eigenvalue weighted by molar-refractivity contribution is 5.98. The normalized spacial score (nSPS) is 15.4. The molecule has 1 heterocycles. The van der Waals surface area contributed by atoms with E-state index in [0.29, 0.717) is 13.1 Å². The van der Waals surface area contributed by atoms with Crippen molar-refractivity contribution in [2.45, 2.75) is 78.0 Å². The Hall–Kier alpha value is -2.62. The Balaban J connectivity index is 0.000000448. The van der Waals surface area contributed by atoms with Gasteiger partial charge in [0.2, 0.25) is 0 Å². The molecule has 4 heteroatoms. The van der Waals surface area contributed by atoms with Gasteiger partial charge in [-0.25, -0.2) is 0 Å². The van der Waals surface area contributed by atoms with Crippen LogP contribution in [0.3, 0.4) is 0 Å². The minimum absolute atomic E-state index is 0.0773. The fourth-order valence-corrected chi connectivity index (χ4v) is 3.85. The van der Waals surface area contributed by atoms with Crippen LogP contribution in [-0.2, 0) is 29.0 Å². The molecule has 1 aliphatic carbocycles. The second-order valence-electron chi connectivity index (χ2n) is 9.17. The van der Waals surface area contributed by atoms with E-state index in [9.17, 15) is 9.59 Å². The van der Waals surface area contributed by atoms with E-state index in [0.717, 1.165) is 22.3 Å². The van der Waals surface area contributed by atoms with Gasteiger partial charge in [-0.15, -0.1) is 0 Å². The Bertz CT molecular complexity index is 853. The highest BCUT2D eigenvalue weighted by Crippen LogP contribution is 2.24. The molecule has 2 aromatic carbocycles. The Labute approximate surface area is 180 Å². The second kappa shape index (κ2) is 9.92. The molecule has 2 aromatic rings. The number of ether oxygens (including phenoxy) is 1. The van der Waals surface area contributed by atoms with E-state index >= 15 is 0 Å². The number of amides is 1. The summed E-state index contributed by atoms with van der Waals surface area (Å²) in [6, 6.07) is 15.5. The third-order valence-corrected chi connectivity index (χ3v) is 5.31. The summed E-state index contributed by atoms with van der Waals surface area (Å²) in [4.78, 5) is 26.1. The smallest absolute Gasteiger partial charge is 0.310 e. The number of rotatable bonds is 4. The Morgan fingerprint density at radius 3 is 2.03 bits per heavy atom. The molecule has 0 N–H and O–H groups in total. The van der Waals surface area contributed by atoms with Gasteiger partial charge in [-0.1, -0.05) is 74.6 Å². The average molecular weight is 408 g/mol. The molecule has 0 bridgehead atoms. The molecular weight excluding hydrogens is 374 g/mol. The summed E-state index contributed by atoms with van der Waals surface area (Å²) in [5.74, 6) is -0.154. The summed E-state index contributed by atoms with van der Waals surface area (Å²) < 4.78 is 5.34. The van der Waals surface area contributed by atoms with Gasteiger partial charge in [-0.3, -0.25) is 9.59 Å². The largest absolute Gasteiger partial charge is 0.460 e. The van der Waals surface area contributed by atoms with Crippen molar-refractivity contribution in [3.8, 4) is 0 Å². The van der Waals surface area contributed by atoms with Gasteiger partial charge in [-0.2, -0.15) is 0 Å². The van der Waals surface area contributed by atoms with Crippen LogP contribution in [0.2, 0.25) is 0 Å². The fourth-order valence-electron chi connectivity index (χ4n) is 3.85. The van der Waals surface area contributed by atoms with Crippen LogP contribution in [0.4, 0.5) is 0 Å². The molecule has 1 fully saturated rings. The van der Waals surface area contributed by atoms with Crippen LogP contribution in [-0.4, -0.2) is 22.4 Å². The summed E-state index contributed by atoms with van der Waals surface area (Å²) in [6.45, 7) is 6.80. The van der Waals surface area contributed by atoms with Crippen molar-refractivity contribution in [2.24, 2.45) is 0 Å². The topological polar surface area (TPSA) is 46.6 Å². The summed E-state index contributed by atoms with van der Waals surface area (Å²) in [7, 11) is 0. The van der Waals surface area contributed by atoms with Crippen LogP contribution in [0.1, 0.15) is 79.9 Å². The molecule has 1 saturated carbocycles. The van der Waals surface area contributed by atoms with Crippen molar-refractivity contribution in [3.05, 3.63) is 70.8 Å². The van der Waals surface area contributed by atoms with E-state index in [-0.39, 0.29) is 18.3 Å². The van der Waals surface area contributed by atoms with E-state index in [1.54, 1.807) is 0 Å². The predicted octanol–water partition coefficient (Wildman–Crippen LogP) is 5.68. The zero-order chi connectivity index (χ0) is 21.6. The minimum Gasteiger partial charge on any atom is -0.460 e. The molecule has 0 unspecified atom stereocenters. The summed E-state index contributed by atoms with van der Waals surface area (Å²) in [6.07, 6.45) is 7.76. The van der Waals surface area contributed by atoms with E-state index < -0.39 is 5.60 Å². The minimum atomic E-state index is -0.470. The number of carbonyl (C=O) groups is 2. The predicted molar refractivity (Wildman–Crippen MR) is 119 cm³/mol. The molecule has 1 amide bonds. The van der Waals surface area contributed by atoms with Crippen LogP contribution in [0.25, 0.3) is 0 Å². The standard InChI is InChI=1S/C21H23NO3.C5H10/c1-21(2,3)25-19(23)12-15-8-10-16(11-9-15)13-22-14-17-6-4-5-7-18(17)20(22)24;1-2-4-5-3-1/h4-11H,12-14H2,1-3H3;1-5H2. The first-order valence-corrected chi connectivity index (χ1v) is 11.0. The van der Waals surface area contributed by atoms with E-state index in [1.807, 2.05) is 74.2 Å². The average Bonchev–Trinajstić information content (AvgIpc) is 3.35. The van der Waals surface area contributed by atoms with Crippen LogP contribution >= 0.6 is 0 Å². The summed E-state index contributed by atoms with van der Waals surface area (Å²) >= 11 is 0. The van der Waals surface area contributed by atoms with Gasteiger partial charge in [0.1, 0.15) is 5.60 Å². The van der Waals surface area contributed by atoms with Gasteiger partial charge in [0.15, 0.2) is 0 Å².